The summed E-state index contributed by atoms with van der Waals surface area (Å²) in [5.41, 5.74) is 10.3. The van der Waals surface area contributed by atoms with Gasteiger partial charge in [-0.2, -0.15) is 0 Å². The lowest BCUT2D eigenvalue weighted by atomic mass is 10.1. The molecular weight excluding hydrogens is 256 g/mol. The monoisotopic (exact) mass is 276 g/mol. The number of hydrogen-bond acceptors (Lipinski definition) is 2. The number of fused-ring (bicyclic) bond motifs is 1. The lowest BCUT2D eigenvalue weighted by molar-refractivity contribution is 1.02. The Morgan fingerprint density at radius 3 is 2.43 bits per heavy atom. The molecule has 2 N–H and O–H groups in total. The predicted molar refractivity (Wildman–Crippen MR) is 92.2 cm³/mol. The number of nitrogen functional groups attached to an aromatic ring is 1. The molecule has 0 heterocycles. The van der Waals surface area contributed by atoms with Crippen molar-refractivity contribution in [3.05, 3.63) is 66.2 Å². The highest BCUT2D eigenvalue weighted by Gasteiger charge is 2.12. The maximum Gasteiger partial charge on any atom is 0.0490 e. The summed E-state index contributed by atoms with van der Waals surface area (Å²) in [7, 11) is 0. The van der Waals surface area contributed by atoms with Crippen molar-refractivity contribution in [1.82, 2.24) is 0 Å². The Morgan fingerprint density at radius 2 is 1.67 bits per heavy atom. The fraction of sp³-hybridized carbons (Fsp3) is 0.158. The summed E-state index contributed by atoms with van der Waals surface area (Å²) in [5.74, 6) is 0. The Balaban J connectivity index is 2.18. The van der Waals surface area contributed by atoms with Crippen molar-refractivity contribution in [2.45, 2.75) is 13.8 Å². The van der Waals surface area contributed by atoms with E-state index in [1.807, 2.05) is 12.1 Å². The average Bonchev–Trinajstić information content (AvgIpc) is 2.50. The fourth-order valence-electron chi connectivity index (χ4n) is 2.90. The van der Waals surface area contributed by atoms with E-state index in [4.69, 9.17) is 5.73 Å². The van der Waals surface area contributed by atoms with Gasteiger partial charge in [-0.1, -0.05) is 36.4 Å². The van der Waals surface area contributed by atoms with Crippen LogP contribution in [0, 0.1) is 6.92 Å². The highest BCUT2D eigenvalue weighted by molar-refractivity contribution is 5.96. The summed E-state index contributed by atoms with van der Waals surface area (Å²) in [6, 6.07) is 21.1. The Bertz CT molecular complexity index is 772. The van der Waals surface area contributed by atoms with Crippen molar-refractivity contribution in [3.8, 4) is 0 Å². The van der Waals surface area contributed by atoms with Gasteiger partial charge in [-0.3, -0.25) is 0 Å². The Kier molecular flexibility index (Phi) is 3.53. The zero-order valence-corrected chi connectivity index (χ0v) is 12.5. The molecule has 0 aliphatic heterocycles. The second-order valence-electron chi connectivity index (χ2n) is 5.29. The Labute approximate surface area is 125 Å². The molecule has 0 aliphatic rings. The van der Waals surface area contributed by atoms with E-state index in [0.717, 1.165) is 12.2 Å². The van der Waals surface area contributed by atoms with Crippen LogP contribution < -0.4 is 10.6 Å². The minimum absolute atomic E-state index is 0.810. The smallest absolute Gasteiger partial charge is 0.0490 e. The predicted octanol–water partition coefficient (Wildman–Crippen LogP) is 4.89. The fourth-order valence-corrected chi connectivity index (χ4v) is 2.90. The van der Waals surface area contributed by atoms with Gasteiger partial charge in [0.15, 0.2) is 0 Å². The number of hydrogen-bond donors (Lipinski definition) is 1. The van der Waals surface area contributed by atoms with Crippen LogP contribution in [0.25, 0.3) is 10.8 Å². The largest absolute Gasteiger partial charge is 0.399 e. The summed E-state index contributed by atoms with van der Waals surface area (Å²) < 4.78 is 0. The molecule has 21 heavy (non-hydrogen) atoms. The van der Waals surface area contributed by atoms with Gasteiger partial charge in [0.2, 0.25) is 0 Å². The highest BCUT2D eigenvalue weighted by Crippen LogP contribution is 2.34. The third-order valence-electron chi connectivity index (χ3n) is 3.89. The van der Waals surface area contributed by atoms with E-state index in [0.29, 0.717) is 0 Å². The molecule has 3 aromatic rings. The van der Waals surface area contributed by atoms with Crippen LogP contribution in [0.2, 0.25) is 0 Å². The van der Waals surface area contributed by atoms with Gasteiger partial charge in [0.25, 0.3) is 0 Å². The van der Waals surface area contributed by atoms with Crippen LogP contribution >= 0.6 is 0 Å². The van der Waals surface area contributed by atoms with Crippen LogP contribution in [0.15, 0.2) is 60.7 Å². The number of nitrogens with zero attached hydrogens (tertiary/aromatic N) is 1. The number of rotatable bonds is 3. The van der Waals surface area contributed by atoms with Gasteiger partial charge in [-0.25, -0.2) is 0 Å². The van der Waals surface area contributed by atoms with Crippen LogP contribution in [0.1, 0.15) is 12.5 Å². The van der Waals surface area contributed by atoms with Crippen molar-refractivity contribution in [2.24, 2.45) is 0 Å². The highest BCUT2D eigenvalue weighted by atomic mass is 15.1. The van der Waals surface area contributed by atoms with E-state index in [9.17, 15) is 0 Å². The second-order valence-corrected chi connectivity index (χ2v) is 5.29. The molecule has 0 atom stereocenters. The van der Waals surface area contributed by atoms with Gasteiger partial charge in [-0.15, -0.1) is 0 Å². The maximum atomic E-state index is 5.88. The third kappa shape index (κ3) is 2.45. The summed E-state index contributed by atoms with van der Waals surface area (Å²) >= 11 is 0. The molecule has 0 unspecified atom stereocenters. The summed E-state index contributed by atoms with van der Waals surface area (Å²) in [6.45, 7) is 5.20. The van der Waals surface area contributed by atoms with E-state index in [-0.39, 0.29) is 0 Å². The second kappa shape index (κ2) is 5.49. The molecular formula is C19H20N2. The van der Waals surface area contributed by atoms with E-state index >= 15 is 0 Å². The standard InChI is InChI=1S/C19H20N2/c1-3-21(18-12-11-16(20)13-14(18)2)19-10-6-8-15-7-4-5-9-17(15)19/h4-13H,3,20H2,1-2H3. The number of benzene rings is 3. The molecule has 0 fully saturated rings. The zero-order valence-electron chi connectivity index (χ0n) is 12.5. The first-order valence-electron chi connectivity index (χ1n) is 7.32. The summed E-state index contributed by atoms with van der Waals surface area (Å²) in [6.07, 6.45) is 0. The molecule has 0 spiro atoms. The molecule has 3 aromatic carbocycles. The molecule has 0 saturated carbocycles. The molecule has 0 amide bonds. The molecule has 0 radical (unpaired) electrons. The molecule has 0 aliphatic carbocycles. The average molecular weight is 276 g/mol. The topological polar surface area (TPSA) is 29.3 Å². The minimum atomic E-state index is 0.810. The van der Waals surface area contributed by atoms with Crippen LogP contribution in [0.5, 0.6) is 0 Å². The lowest BCUT2D eigenvalue weighted by Crippen LogP contribution is -2.17. The Morgan fingerprint density at radius 1 is 0.905 bits per heavy atom. The van der Waals surface area contributed by atoms with Crippen LogP contribution in [-0.2, 0) is 0 Å². The van der Waals surface area contributed by atoms with Crippen molar-refractivity contribution in [2.75, 3.05) is 17.2 Å². The molecule has 3 rings (SSSR count). The lowest BCUT2D eigenvalue weighted by Gasteiger charge is -2.26. The van der Waals surface area contributed by atoms with Crippen molar-refractivity contribution < 1.29 is 0 Å². The normalized spacial score (nSPS) is 10.8. The maximum absolute atomic E-state index is 5.88. The van der Waals surface area contributed by atoms with Gasteiger partial charge in [0.1, 0.15) is 0 Å². The van der Waals surface area contributed by atoms with Crippen molar-refractivity contribution in [1.29, 1.82) is 0 Å². The number of nitrogens with two attached hydrogens (primary N) is 1. The molecule has 0 bridgehead atoms. The van der Waals surface area contributed by atoms with E-state index in [1.165, 1.54) is 27.7 Å². The molecule has 106 valence electrons. The quantitative estimate of drug-likeness (QED) is 0.690. The van der Waals surface area contributed by atoms with Crippen molar-refractivity contribution in [3.63, 3.8) is 0 Å². The molecule has 0 saturated heterocycles. The number of anilines is 3. The first kappa shape index (κ1) is 13.5. The molecule has 2 heteroatoms. The van der Waals surface area contributed by atoms with Crippen molar-refractivity contribution >= 4 is 27.8 Å². The van der Waals surface area contributed by atoms with Crippen LogP contribution in [-0.4, -0.2) is 6.54 Å². The van der Waals surface area contributed by atoms with E-state index in [2.05, 4.69) is 67.3 Å². The van der Waals surface area contributed by atoms with Crippen LogP contribution in [0.4, 0.5) is 17.1 Å². The van der Waals surface area contributed by atoms with Gasteiger partial charge < -0.3 is 10.6 Å². The zero-order chi connectivity index (χ0) is 14.8. The Hall–Kier alpha value is -2.48. The van der Waals surface area contributed by atoms with Gasteiger partial charge in [0.05, 0.1) is 0 Å². The third-order valence-corrected chi connectivity index (χ3v) is 3.89. The first-order valence-corrected chi connectivity index (χ1v) is 7.32. The van der Waals surface area contributed by atoms with Gasteiger partial charge in [0, 0.05) is 29.0 Å². The van der Waals surface area contributed by atoms with Gasteiger partial charge >= 0.3 is 0 Å². The summed E-state index contributed by atoms with van der Waals surface area (Å²) in [5, 5.41) is 2.54. The first-order chi connectivity index (χ1) is 10.2. The van der Waals surface area contributed by atoms with Crippen LogP contribution in [0.3, 0.4) is 0 Å². The van der Waals surface area contributed by atoms with Gasteiger partial charge in [-0.05, 0) is 49.1 Å². The number of aryl methyl sites for hydroxylation is 1. The molecule has 0 aromatic heterocycles. The van der Waals surface area contributed by atoms with E-state index in [1.54, 1.807) is 0 Å². The minimum Gasteiger partial charge on any atom is -0.399 e. The SMILES string of the molecule is CCN(c1ccc(N)cc1C)c1cccc2ccccc12. The molecule has 2 nitrogen and oxygen atoms in total. The summed E-state index contributed by atoms with van der Waals surface area (Å²) in [4.78, 5) is 2.34. The van der Waals surface area contributed by atoms with E-state index < -0.39 is 0 Å².